The number of hydrogen-bond acceptors (Lipinski definition) is 1. The maximum atomic E-state index is 9.88. The number of phenols is 1. The van der Waals surface area contributed by atoms with Crippen LogP contribution < -0.4 is 0 Å². The number of aromatic amines is 1. The van der Waals surface area contributed by atoms with E-state index in [2.05, 4.69) is 11.1 Å². The number of aromatic hydroxyl groups is 1. The molecular weight excluding hydrogens is 265 g/mol. The van der Waals surface area contributed by atoms with Gasteiger partial charge in [0.2, 0.25) is 0 Å². The predicted octanol–water partition coefficient (Wildman–Crippen LogP) is 2.83. The minimum atomic E-state index is 0.389. The number of H-pyrrole nitrogens is 1. The van der Waals surface area contributed by atoms with Crippen LogP contribution >= 0.6 is 0 Å². The molecule has 16 heavy (non-hydrogen) atoms. The third kappa shape index (κ3) is 1.66. The Kier molecular flexibility index (Phi) is 2.50. The molecule has 2 heterocycles. The van der Waals surface area contributed by atoms with Crippen molar-refractivity contribution in [2.24, 2.45) is 0 Å². The Labute approximate surface area is 101 Å². The summed E-state index contributed by atoms with van der Waals surface area (Å²) in [5, 5.41) is 12.2. The molecule has 2 N–H and O–H groups in total. The third-order valence-electron chi connectivity index (χ3n) is 2.91. The summed E-state index contributed by atoms with van der Waals surface area (Å²) in [5.41, 5.74) is 2.25. The van der Waals surface area contributed by atoms with Crippen LogP contribution in [0, 0.1) is 0 Å². The van der Waals surface area contributed by atoms with E-state index >= 15 is 0 Å². The molecule has 0 atom stereocenters. The second-order valence-electron chi connectivity index (χ2n) is 4.00. The molecule has 0 aliphatic carbocycles. The standard InChI is InChI=1S/C13H13NOSe/c15-12-5-1-4-11-13(12)9(8-14-11)7-10-3-2-6-16-10/h1,3-5,8,14-15H,2,6-7H2. The van der Waals surface area contributed by atoms with Gasteiger partial charge in [-0.1, -0.05) is 0 Å². The molecule has 0 saturated carbocycles. The van der Waals surface area contributed by atoms with Gasteiger partial charge in [0, 0.05) is 0 Å². The fraction of sp³-hybridized carbons (Fsp3) is 0.231. The molecule has 1 aromatic heterocycles. The van der Waals surface area contributed by atoms with Crippen LogP contribution in [0.5, 0.6) is 5.75 Å². The second-order valence-corrected chi connectivity index (χ2v) is 6.56. The summed E-state index contributed by atoms with van der Waals surface area (Å²) in [6.07, 6.45) is 6.62. The van der Waals surface area contributed by atoms with Gasteiger partial charge in [-0.3, -0.25) is 0 Å². The summed E-state index contributed by atoms with van der Waals surface area (Å²) in [7, 11) is 0. The number of fused-ring (bicyclic) bond motifs is 1. The summed E-state index contributed by atoms with van der Waals surface area (Å²) in [5.74, 6) is 0.389. The molecule has 0 unspecified atom stereocenters. The first-order chi connectivity index (χ1) is 7.84. The molecule has 1 aromatic carbocycles. The van der Waals surface area contributed by atoms with Gasteiger partial charge in [-0.15, -0.1) is 0 Å². The molecule has 1 aliphatic heterocycles. The Morgan fingerprint density at radius 2 is 2.31 bits per heavy atom. The van der Waals surface area contributed by atoms with Gasteiger partial charge in [0.05, 0.1) is 0 Å². The van der Waals surface area contributed by atoms with Crippen molar-refractivity contribution in [1.82, 2.24) is 4.98 Å². The van der Waals surface area contributed by atoms with Crippen LogP contribution in [0.15, 0.2) is 34.9 Å². The fourth-order valence-corrected chi connectivity index (χ4v) is 4.23. The van der Waals surface area contributed by atoms with Crippen molar-refractivity contribution in [2.75, 3.05) is 0 Å². The molecule has 0 fully saturated rings. The van der Waals surface area contributed by atoms with Crippen LogP contribution in [-0.4, -0.2) is 25.0 Å². The molecule has 2 nitrogen and oxygen atoms in total. The maximum absolute atomic E-state index is 9.88. The van der Waals surface area contributed by atoms with Gasteiger partial charge < -0.3 is 0 Å². The van der Waals surface area contributed by atoms with Crippen LogP contribution in [0.3, 0.4) is 0 Å². The number of phenolic OH excluding ortho intramolecular Hbond substituents is 1. The van der Waals surface area contributed by atoms with E-state index in [1.165, 1.54) is 17.3 Å². The number of benzene rings is 1. The molecule has 0 radical (unpaired) electrons. The van der Waals surface area contributed by atoms with Crippen molar-refractivity contribution in [1.29, 1.82) is 0 Å². The molecular formula is C13H13NOSe. The van der Waals surface area contributed by atoms with E-state index in [9.17, 15) is 5.11 Å². The zero-order valence-corrected chi connectivity index (χ0v) is 10.6. The topological polar surface area (TPSA) is 36.0 Å². The van der Waals surface area contributed by atoms with Gasteiger partial charge in [-0.05, 0) is 0 Å². The first kappa shape index (κ1) is 10.0. The summed E-state index contributed by atoms with van der Waals surface area (Å²) in [6, 6.07) is 5.64. The van der Waals surface area contributed by atoms with Gasteiger partial charge in [0.1, 0.15) is 0 Å². The van der Waals surface area contributed by atoms with Crippen molar-refractivity contribution in [3.63, 3.8) is 0 Å². The summed E-state index contributed by atoms with van der Waals surface area (Å²) in [4.78, 5) is 3.22. The molecule has 2 aromatic rings. The Morgan fingerprint density at radius 3 is 3.12 bits per heavy atom. The van der Waals surface area contributed by atoms with Gasteiger partial charge in [-0.25, -0.2) is 0 Å². The second kappa shape index (κ2) is 4.00. The molecule has 0 spiro atoms. The predicted molar refractivity (Wildman–Crippen MR) is 66.9 cm³/mol. The molecule has 0 bridgehead atoms. The Balaban J connectivity index is 2.03. The number of hydrogen-bond donors (Lipinski definition) is 2. The van der Waals surface area contributed by atoms with E-state index in [-0.39, 0.29) is 0 Å². The zero-order valence-electron chi connectivity index (χ0n) is 8.86. The summed E-state index contributed by atoms with van der Waals surface area (Å²) in [6.45, 7) is 0. The Morgan fingerprint density at radius 1 is 1.38 bits per heavy atom. The van der Waals surface area contributed by atoms with E-state index < -0.39 is 0 Å². The van der Waals surface area contributed by atoms with E-state index in [1.54, 1.807) is 10.5 Å². The molecule has 3 rings (SSSR count). The van der Waals surface area contributed by atoms with Crippen molar-refractivity contribution < 1.29 is 5.11 Å². The first-order valence-corrected chi connectivity index (χ1v) is 7.51. The van der Waals surface area contributed by atoms with Crippen LogP contribution in [0.2, 0.25) is 5.32 Å². The monoisotopic (exact) mass is 279 g/mol. The average Bonchev–Trinajstić information content (AvgIpc) is 2.90. The minimum absolute atomic E-state index is 0.389. The van der Waals surface area contributed by atoms with E-state index in [0.29, 0.717) is 20.7 Å². The number of aromatic nitrogens is 1. The van der Waals surface area contributed by atoms with Crippen LogP contribution in [-0.2, 0) is 6.42 Å². The van der Waals surface area contributed by atoms with Crippen molar-refractivity contribution in [3.8, 4) is 5.75 Å². The molecule has 0 saturated heterocycles. The van der Waals surface area contributed by atoms with E-state index in [1.807, 2.05) is 18.3 Å². The molecule has 1 aliphatic rings. The van der Waals surface area contributed by atoms with Gasteiger partial charge in [0.15, 0.2) is 0 Å². The van der Waals surface area contributed by atoms with Crippen LogP contribution in [0.25, 0.3) is 10.9 Å². The van der Waals surface area contributed by atoms with Gasteiger partial charge >= 0.3 is 100 Å². The van der Waals surface area contributed by atoms with E-state index in [4.69, 9.17) is 0 Å². The normalized spacial score (nSPS) is 15.6. The number of allylic oxidation sites excluding steroid dienone is 2. The van der Waals surface area contributed by atoms with Gasteiger partial charge in [-0.2, -0.15) is 0 Å². The first-order valence-electron chi connectivity index (χ1n) is 5.44. The fourth-order valence-electron chi connectivity index (χ4n) is 2.15. The quantitative estimate of drug-likeness (QED) is 0.814. The number of rotatable bonds is 2. The average molecular weight is 278 g/mol. The molecule has 3 heteroatoms. The van der Waals surface area contributed by atoms with Crippen molar-refractivity contribution in [2.45, 2.75) is 18.2 Å². The third-order valence-corrected chi connectivity index (χ3v) is 5.26. The molecule has 82 valence electrons. The summed E-state index contributed by atoms with van der Waals surface area (Å²) >= 11 is 0.675. The van der Waals surface area contributed by atoms with E-state index in [0.717, 1.165) is 17.3 Å². The molecule has 0 amide bonds. The van der Waals surface area contributed by atoms with Crippen LogP contribution in [0.4, 0.5) is 0 Å². The zero-order chi connectivity index (χ0) is 11.0. The number of nitrogens with one attached hydrogen (secondary N) is 1. The van der Waals surface area contributed by atoms with Crippen LogP contribution in [0.1, 0.15) is 12.0 Å². The Hall–Kier alpha value is -1.18. The summed E-state index contributed by atoms with van der Waals surface area (Å²) < 4.78 is 1.57. The SMILES string of the molecule is Oc1cccc2[nH]cc(CC3=CCC[Se]3)c12. The van der Waals surface area contributed by atoms with Crippen molar-refractivity contribution in [3.05, 3.63) is 40.5 Å². The van der Waals surface area contributed by atoms with Crippen molar-refractivity contribution >= 4 is 25.9 Å². The Bertz CT molecular complexity index is 556. The van der Waals surface area contributed by atoms with Gasteiger partial charge in [0.25, 0.3) is 0 Å².